The minimum atomic E-state index is -0.346. The molecule has 0 bridgehead atoms. The van der Waals surface area contributed by atoms with Crippen molar-refractivity contribution in [3.05, 3.63) is 71.3 Å². The van der Waals surface area contributed by atoms with Crippen LogP contribution in [-0.4, -0.2) is 47.3 Å². The molecule has 8 nitrogen and oxygen atoms in total. The lowest BCUT2D eigenvalue weighted by Crippen LogP contribution is -2.36. The van der Waals surface area contributed by atoms with Crippen LogP contribution in [0.25, 0.3) is 22.4 Å². The number of morpholine rings is 1. The summed E-state index contributed by atoms with van der Waals surface area (Å²) < 4.78 is 24.0. The Labute approximate surface area is 189 Å². The summed E-state index contributed by atoms with van der Waals surface area (Å²) in [6.07, 6.45) is 1.77. The van der Waals surface area contributed by atoms with Crippen molar-refractivity contribution in [3.63, 3.8) is 0 Å². The largest absolute Gasteiger partial charge is 0.378 e. The van der Waals surface area contributed by atoms with Crippen molar-refractivity contribution in [2.24, 2.45) is 0 Å². The number of aryl methyl sites for hydroxylation is 1. The quantitative estimate of drug-likeness (QED) is 0.500. The lowest BCUT2D eigenvalue weighted by atomic mass is 10.0. The topological polar surface area (TPSA) is 93.4 Å². The molecule has 3 aromatic heterocycles. The Hall–Kier alpha value is -3.85. The molecule has 0 radical (unpaired) electrons. The van der Waals surface area contributed by atoms with Gasteiger partial charge < -0.3 is 19.5 Å². The van der Waals surface area contributed by atoms with Crippen molar-refractivity contribution in [2.45, 2.75) is 13.5 Å². The second-order valence-electron chi connectivity index (χ2n) is 7.82. The molecule has 0 aliphatic carbocycles. The van der Waals surface area contributed by atoms with Gasteiger partial charge in [0.05, 0.1) is 35.6 Å². The molecule has 1 aliphatic heterocycles. The van der Waals surface area contributed by atoms with Gasteiger partial charge in [-0.1, -0.05) is 11.2 Å². The summed E-state index contributed by atoms with van der Waals surface area (Å²) in [4.78, 5) is 24.3. The van der Waals surface area contributed by atoms with E-state index in [9.17, 15) is 9.18 Å². The van der Waals surface area contributed by atoms with Gasteiger partial charge in [0, 0.05) is 31.4 Å². The number of amides is 1. The van der Waals surface area contributed by atoms with Gasteiger partial charge in [0.25, 0.3) is 11.6 Å². The first-order valence-corrected chi connectivity index (χ1v) is 10.7. The second-order valence-corrected chi connectivity index (χ2v) is 7.82. The normalized spacial score (nSPS) is 13.9. The van der Waals surface area contributed by atoms with Gasteiger partial charge in [0.2, 0.25) is 0 Å². The minimum absolute atomic E-state index is 0.260. The van der Waals surface area contributed by atoms with Crippen LogP contribution in [0, 0.1) is 12.7 Å². The fourth-order valence-corrected chi connectivity index (χ4v) is 3.82. The van der Waals surface area contributed by atoms with Crippen molar-refractivity contribution in [3.8, 4) is 11.3 Å². The summed E-state index contributed by atoms with van der Waals surface area (Å²) in [5.74, 6) is 0.268. The number of nitrogens with one attached hydrogen (secondary N) is 1. The molecule has 1 N–H and O–H groups in total. The zero-order valence-electron chi connectivity index (χ0n) is 18.0. The number of benzene rings is 1. The summed E-state index contributed by atoms with van der Waals surface area (Å²) >= 11 is 0. The highest BCUT2D eigenvalue weighted by molar-refractivity contribution is 6.06. The van der Waals surface area contributed by atoms with E-state index in [-0.39, 0.29) is 17.4 Å². The maximum absolute atomic E-state index is 13.3. The lowest BCUT2D eigenvalue weighted by Gasteiger charge is -2.27. The van der Waals surface area contributed by atoms with Crippen LogP contribution >= 0.6 is 0 Å². The molecular formula is C24H22FN5O3. The fraction of sp³-hybridized carbons (Fsp3) is 0.250. The van der Waals surface area contributed by atoms with Crippen molar-refractivity contribution in [1.82, 2.24) is 20.4 Å². The van der Waals surface area contributed by atoms with E-state index in [0.717, 1.165) is 24.5 Å². The monoisotopic (exact) mass is 447 g/mol. The Balaban J connectivity index is 1.36. The maximum Gasteiger partial charge on any atom is 0.259 e. The molecule has 0 atom stereocenters. The smallest absolute Gasteiger partial charge is 0.259 e. The summed E-state index contributed by atoms with van der Waals surface area (Å²) in [5, 5.41) is 7.46. The first-order chi connectivity index (χ1) is 16.1. The number of fused-ring (bicyclic) bond motifs is 1. The number of hydrogen-bond acceptors (Lipinski definition) is 7. The predicted octanol–water partition coefficient (Wildman–Crippen LogP) is 3.50. The van der Waals surface area contributed by atoms with E-state index in [1.54, 1.807) is 31.3 Å². The SMILES string of the molecule is Cc1noc2nc(-c3ccc(F)cc3)cc(C(=O)NCc3ccc(N4CCOCC4)nc3)c12. The van der Waals surface area contributed by atoms with Crippen LogP contribution in [0.15, 0.2) is 53.2 Å². The van der Waals surface area contributed by atoms with Crippen LogP contribution in [0.3, 0.4) is 0 Å². The summed E-state index contributed by atoms with van der Waals surface area (Å²) in [7, 11) is 0. The third-order valence-corrected chi connectivity index (χ3v) is 5.60. The average Bonchev–Trinajstić information content (AvgIpc) is 3.24. The molecule has 1 amide bonds. The third kappa shape index (κ3) is 4.40. The highest BCUT2D eigenvalue weighted by atomic mass is 19.1. The van der Waals surface area contributed by atoms with Gasteiger partial charge in [-0.25, -0.2) is 14.4 Å². The highest BCUT2D eigenvalue weighted by Gasteiger charge is 2.19. The van der Waals surface area contributed by atoms with Crippen molar-refractivity contribution < 1.29 is 18.4 Å². The molecule has 5 rings (SSSR count). The van der Waals surface area contributed by atoms with Gasteiger partial charge in [-0.05, 0) is 48.9 Å². The second kappa shape index (κ2) is 8.95. The van der Waals surface area contributed by atoms with E-state index in [4.69, 9.17) is 9.26 Å². The molecule has 0 unspecified atom stereocenters. The number of hydrogen-bond donors (Lipinski definition) is 1. The molecular weight excluding hydrogens is 425 g/mol. The van der Waals surface area contributed by atoms with Crippen molar-refractivity contribution in [1.29, 1.82) is 0 Å². The summed E-state index contributed by atoms with van der Waals surface area (Å²) in [5.41, 5.74) is 3.29. The van der Waals surface area contributed by atoms with E-state index in [1.165, 1.54) is 12.1 Å². The van der Waals surface area contributed by atoms with Crippen LogP contribution in [0.4, 0.5) is 10.2 Å². The third-order valence-electron chi connectivity index (χ3n) is 5.60. The van der Waals surface area contributed by atoms with Crippen LogP contribution in [0.2, 0.25) is 0 Å². The van der Waals surface area contributed by atoms with E-state index in [0.29, 0.717) is 47.7 Å². The highest BCUT2D eigenvalue weighted by Crippen LogP contribution is 2.27. The number of ether oxygens (including phenoxy) is 1. The van der Waals surface area contributed by atoms with Crippen LogP contribution in [-0.2, 0) is 11.3 Å². The molecule has 4 aromatic rings. The van der Waals surface area contributed by atoms with Gasteiger partial charge in [-0.2, -0.15) is 0 Å². The van der Waals surface area contributed by atoms with E-state index in [1.807, 2.05) is 12.1 Å². The number of aromatic nitrogens is 3. The standard InChI is InChI=1S/C24H22FN5O3/c1-15-22-19(12-20(28-24(22)33-29-15)17-3-5-18(25)6-4-17)23(31)27-14-16-2-7-21(26-13-16)30-8-10-32-11-9-30/h2-7,12-13H,8-11,14H2,1H3,(H,27,31). The van der Waals surface area contributed by atoms with Gasteiger partial charge in [-0.15, -0.1) is 0 Å². The molecule has 4 heterocycles. The van der Waals surface area contributed by atoms with E-state index in [2.05, 4.69) is 25.3 Å². The zero-order valence-corrected chi connectivity index (χ0v) is 18.0. The van der Waals surface area contributed by atoms with Gasteiger partial charge in [0.1, 0.15) is 11.6 Å². The minimum Gasteiger partial charge on any atom is -0.378 e. The molecule has 168 valence electrons. The van der Waals surface area contributed by atoms with Gasteiger partial charge >= 0.3 is 0 Å². The number of anilines is 1. The lowest BCUT2D eigenvalue weighted by molar-refractivity contribution is 0.0952. The number of halogens is 1. The molecule has 1 saturated heterocycles. The number of carbonyl (C=O) groups is 1. The maximum atomic E-state index is 13.3. The summed E-state index contributed by atoms with van der Waals surface area (Å²) in [6.45, 7) is 5.10. The Morgan fingerprint density at radius 3 is 2.67 bits per heavy atom. The van der Waals surface area contributed by atoms with Crippen molar-refractivity contribution >= 4 is 22.8 Å². The van der Waals surface area contributed by atoms with Crippen LogP contribution in [0.1, 0.15) is 21.6 Å². The first kappa shape index (κ1) is 21.0. The molecule has 1 aliphatic rings. The molecule has 0 saturated carbocycles. The van der Waals surface area contributed by atoms with E-state index >= 15 is 0 Å². The molecule has 1 fully saturated rings. The van der Waals surface area contributed by atoms with Gasteiger partial charge in [0.15, 0.2) is 0 Å². The predicted molar refractivity (Wildman–Crippen MR) is 120 cm³/mol. The summed E-state index contributed by atoms with van der Waals surface area (Å²) in [6, 6.07) is 11.5. The fourth-order valence-electron chi connectivity index (χ4n) is 3.82. The van der Waals surface area contributed by atoms with Gasteiger partial charge in [-0.3, -0.25) is 4.79 Å². The Kier molecular flexibility index (Phi) is 5.70. The molecule has 33 heavy (non-hydrogen) atoms. The van der Waals surface area contributed by atoms with E-state index < -0.39 is 0 Å². The average molecular weight is 447 g/mol. The number of pyridine rings is 2. The van der Waals surface area contributed by atoms with Crippen LogP contribution < -0.4 is 10.2 Å². The van der Waals surface area contributed by atoms with Crippen LogP contribution in [0.5, 0.6) is 0 Å². The molecule has 1 aromatic carbocycles. The number of rotatable bonds is 5. The molecule has 9 heteroatoms. The van der Waals surface area contributed by atoms with Crippen molar-refractivity contribution in [2.75, 3.05) is 31.2 Å². The Bertz CT molecular complexity index is 1280. The Morgan fingerprint density at radius 2 is 1.94 bits per heavy atom. The molecule has 0 spiro atoms. The number of carbonyl (C=O) groups excluding carboxylic acids is 1. The Morgan fingerprint density at radius 1 is 1.15 bits per heavy atom. The zero-order chi connectivity index (χ0) is 22.8. The first-order valence-electron chi connectivity index (χ1n) is 10.7. The number of nitrogens with zero attached hydrogens (tertiary/aromatic N) is 4.